The van der Waals surface area contributed by atoms with Gasteiger partial charge >= 0.3 is 0 Å². The molecule has 0 radical (unpaired) electrons. The van der Waals surface area contributed by atoms with E-state index in [1.54, 1.807) is 21.3 Å². The number of ether oxygens (including phenoxy) is 3. The topological polar surface area (TPSA) is 72.6 Å². The lowest BCUT2D eigenvalue weighted by molar-refractivity contribution is -0.115. The summed E-state index contributed by atoms with van der Waals surface area (Å²) >= 11 is 0. The third-order valence-corrected chi connectivity index (χ3v) is 4.41. The molecule has 3 rings (SSSR count). The van der Waals surface area contributed by atoms with Crippen molar-refractivity contribution in [3.05, 3.63) is 47.2 Å². The van der Waals surface area contributed by atoms with Crippen LogP contribution < -0.4 is 19.5 Å². The first-order valence-electron chi connectivity index (χ1n) is 8.64. The summed E-state index contributed by atoms with van der Waals surface area (Å²) in [6.45, 7) is 4.01. The lowest BCUT2D eigenvalue weighted by atomic mass is 10.1. The van der Waals surface area contributed by atoms with Crippen LogP contribution in [0.15, 0.2) is 30.5 Å². The van der Waals surface area contributed by atoms with Gasteiger partial charge in [-0.1, -0.05) is 6.07 Å². The average molecular weight is 368 g/mol. The van der Waals surface area contributed by atoms with Crippen molar-refractivity contribution in [1.29, 1.82) is 0 Å². The molecule has 142 valence electrons. The van der Waals surface area contributed by atoms with Crippen molar-refractivity contribution in [2.45, 2.75) is 20.3 Å². The number of nitrogens with one attached hydrogen (secondary N) is 2. The van der Waals surface area contributed by atoms with Crippen LogP contribution in [0.4, 0.5) is 5.69 Å². The van der Waals surface area contributed by atoms with Crippen molar-refractivity contribution in [2.75, 3.05) is 26.6 Å². The molecule has 6 heteroatoms. The number of anilines is 1. The molecule has 0 saturated heterocycles. The van der Waals surface area contributed by atoms with Gasteiger partial charge < -0.3 is 24.5 Å². The fourth-order valence-corrected chi connectivity index (χ4v) is 3.39. The van der Waals surface area contributed by atoms with Crippen molar-refractivity contribution < 1.29 is 19.0 Å². The highest BCUT2D eigenvalue weighted by molar-refractivity contribution is 5.99. The summed E-state index contributed by atoms with van der Waals surface area (Å²) in [5.74, 6) is 1.51. The number of aromatic amines is 1. The Morgan fingerprint density at radius 1 is 0.963 bits per heavy atom. The molecule has 0 aliphatic heterocycles. The quantitative estimate of drug-likeness (QED) is 0.690. The van der Waals surface area contributed by atoms with Crippen LogP contribution >= 0.6 is 0 Å². The Kier molecular flexibility index (Phi) is 5.26. The molecule has 1 aromatic heterocycles. The first kappa shape index (κ1) is 18.6. The van der Waals surface area contributed by atoms with Gasteiger partial charge in [-0.15, -0.1) is 0 Å². The van der Waals surface area contributed by atoms with E-state index in [0.717, 1.165) is 33.3 Å². The molecule has 0 bridgehead atoms. The van der Waals surface area contributed by atoms with Crippen LogP contribution in [0.5, 0.6) is 17.2 Å². The number of carbonyl (C=O) groups excluding carboxylic acids is 1. The zero-order valence-corrected chi connectivity index (χ0v) is 16.2. The van der Waals surface area contributed by atoms with E-state index in [9.17, 15) is 4.79 Å². The number of benzene rings is 2. The van der Waals surface area contributed by atoms with Gasteiger partial charge in [0.1, 0.15) is 0 Å². The molecule has 0 unspecified atom stereocenters. The summed E-state index contributed by atoms with van der Waals surface area (Å²) in [6, 6.07) is 7.81. The molecule has 2 N–H and O–H groups in total. The van der Waals surface area contributed by atoms with Crippen molar-refractivity contribution in [1.82, 2.24) is 4.98 Å². The molecular weight excluding hydrogens is 344 g/mol. The number of hydrogen-bond donors (Lipinski definition) is 2. The number of amides is 1. The Labute approximate surface area is 158 Å². The molecule has 0 aliphatic rings. The highest BCUT2D eigenvalue weighted by Crippen LogP contribution is 2.44. The molecule has 27 heavy (non-hydrogen) atoms. The zero-order chi connectivity index (χ0) is 19.6. The molecule has 0 atom stereocenters. The maximum atomic E-state index is 12.6. The van der Waals surface area contributed by atoms with Crippen LogP contribution in [0.1, 0.15) is 16.7 Å². The average Bonchev–Trinajstić information content (AvgIpc) is 3.01. The molecule has 0 saturated carbocycles. The minimum absolute atomic E-state index is 0.0993. The maximum Gasteiger partial charge on any atom is 0.228 e. The SMILES string of the molecule is COc1cc2[nH]cc(CC(=O)Nc3cc(C)cc(C)c3)c2c(OC)c1OC. The summed E-state index contributed by atoms with van der Waals surface area (Å²) in [6.07, 6.45) is 2.02. The number of rotatable bonds is 6. The highest BCUT2D eigenvalue weighted by Gasteiger charge is 2.20. The van der Waals surface area contributed by atoms with Gasteiger partial charge in [0.25, 0.3) is 0 Å². The first-order valence-corrected chi connectivity index (χ1v) is 8.64. The van der Waals surface area contributed by atoms with Gasteiger partial charge in [0, 0.05) is 23.3 Å². The predicted octanol–water partition coefficient (Wildman–Crippen LogP) is 3.99. The van der Waals surface area contributed by atoms with Crippen molar-refractivity contribution in [2.24, 2.45) is 0 Å². The number of aryl methyl sites for hydroxylation is 2. The van der Waals surface area contributed by atoms with Crippen LogP contribution in [-0.2, 0) is 11.2 Å². The normalized spacial score (nSPS) is 10.7. The Hall–Kier alpha value is -3.15. The number of H-pyrrole nitrogens is 1. The largest absolute Gasteiger partial charge is 0.493 e. The smallest absolute Gasteiger partial charge is 0.228 e. The summed E-state index contributed by atoms with van der Waals surface area (Å²) < 4.78 is 16.4. The molecule has 3 aromatic rings. The van der Waals surface area contributed by atoms with Crippen LogP contribution in [-0.4, -0.2) is 32.2 Å². The number of carbonyl (C=O) groups is 1. The lowest BCUT2D eigenvalue weighted by Gasteiger charge is -2.14. The van der Waals surface area contributed by atoms with E-state index in [4.69, 9.17) is 14.2 Å². The molecule has 2 aromatic carbocycles. The Balaban J connectivity index is 1.94. The molecule has 6 nitrogen and oxygen atoms in total. The van der Waals surface area contributed by atoms with Crippen molar-refractivity contribution >= 4 is 22.5 Å². The molecule has 0 aliphatic carbocycles. The number of hydrogen-bond acceptors (Lipinski definition) is 4. The summed E-state index contributed by atoms with van der Waals surface area (Å²) in [5, 5.41) is 3.78. The Morgan fingerprint density at radius 2 is 1.63 bits per heavy atom. The van der Waals surface area contributed by atoms with Gasteiger partial charge in [-0.3, -0.25) is 4.79 Å². The lowest BCUT2D eigenvalue weighted by Crippen LogP contribution is -2.14. The summed E-state index contributed by atoms with van der Waals surface area (Å²) in [4.78, 5) is 15.8. The van der Waals surface area contributed by atoms with E-state index in [2.05, 4.69) is 16.4 Å². The van der Waals surface area contributed by atoms with Gasteiger partial charge in [0.15, 0.2) is 11.5 Å². The van der Waals surface area contributed by atoms with Gasteiger partial charge in [-0.2, -0.15) is 0 Å². The minimum Gasteiger partial charge on any atom is -0.493 e. The molecular formula is C21H24N2O4. The van der Waals surface area contributed by atoms with E-state index >= 15 is 0 Å². The summed E-state index contributed by atoms with van der Waals surface area (Å²) in [7, 11) is 4.71. The minimum atomic E-state index is -0.0993. The van der Waals surface area contributed by atoms with Gasteiger partial charge in [-0.25, -0.2) is 0 Å². The van der Waals surface area contributed by atoms with E-state index in [1.807, 2.05) is 38.2 Å². The van der Waals surface area contributed by atoms with E-state index < -0.39 is 0 Å². The zero-order valence-electron chi connectivity index (χ0n) is 16.2. The number of aromatic nitrogens is 1. The predicted molar refractivity (Wildman–Crippen MR) is 106 cm³/mol. The van der Waals surface area contributed by atoms with Crippen molar-refractivity contribution in [3.63, 3.8) is 0 Å². The molecule has 0 fully saturated rings. The van der Waals surface area contributed by atoms with E-state index in [0.29, 0.717) is 17.2 Å². The second-order valence-corrected chi connectivity index (χ2v) is 6.48. The third-order valence-electron chi connectivity index (χ3n) is 4.41. The summed E-state index contributed by atoms with van der Waals surface area (Å²) in [5.41, 5.74) is 4.65. The Morgan fingerprint density at radius 3 is 2.22 bits per heavy atom. The van der Waals surface area contributed by atoms with Gasteiger partial charge in [0.2, 0.25) is 11.7 Å². The monoisotopic (exact) mass is 368 g/mol. The fraction of sp³-hybridized carbons (Fsp3) is 0.286. The molecule has 1 heterocycles. The Bertz CT molecular complexity index is 971. The van der Waals surface area contributed by atoms with Crippen molar-refractivity contribution in [3.8, 4) is 17.2 Å². The van der Waals surface area contributed by atoms with Gasteiger partial charge in [0.05, 0.1) is 33.3 Å². The third kappa shape index (κ3) is 3.69. The highest BCUT2D eigenvalue weighted by atomic mass is 16.5. The maximum absolute atomic E-state index is 12.6. The first-order chi connectivity index (χ1) is 13.0. The van der Waals surface area contributed by atoms with Crippen LogP contribution in [0.25, 0.3) is 10.9 Å². The number of methoxy groups -OCH3 is 3. The van der Waals surface area contributed by atoms with Crippen LogP contribution in [0.2, 0.25) is 0 Å². The van der Waals surface area contributed by atoms with Crippen LogP contribution in [0.3, 0.4) is 0 Å². The van der Waals surface area contributed by atoms with E-state index in [-0.39, 0.29) is 12.3 Å². The van der Waals surface area contributed by atoms with Crippen LogP contribution in [0, 0.1) is 13.8 Å². The second-order valence-electron chi connectivity index (χ2n) is 6.48. The molecule has 0 spiro atoms. The fourth-order valence-electron chi connectivity index (χ4n) is 3.39. The van der Waals surface area contributed by atoms with Gasteiger partial charge in [-0.05, 0) is 42.7 Å². The van der Waals surface area contributed by atoms with E-state index in [1.165, 1.54) is 0 Å². The molecule has 1 amide bonds. The standard InChI is InChI=1S/C21H24N2O4/c1-12-6-13(2)8-15(7-12)23-18(24)9-14-11-22-16-10-17(25-3)20(26-4)21(27-5)19(14)16/h6-8,10-11,22H,9H2,1-5H3,(H,23,24). The number of fused-ring (bicyclic) bond motifs is 1. The second kappa shape index (κ2) is 7.61.